The van der Waals surface area contributed by atoms with Crippen molar-refractivity contribution in [2.75, 3.05) is 0 Å². The van der Waals surface area contributed by atoms with Crippen LogP contribution in [0.2, 0.25) is 0 Å². The van der Waals surface area contributed by atoms with E-state index in [4.69, 9.17) is 11.1 Å². The first-order valence-electron chi connectivity index (χ1n) is 10.2. The number of benzene rings is 2. The highest BCUT2D eigenvalue weighted by Gasteiger charge is 2.24. The van der Waals surface area contributed by atoms with E-state index in [1.165, 1.54) is 0 Å². The second kappa shape index (κ2) is 11.2. The van der Waals surface area contributed by atoms with E-state index < -0.39 is 0 Å². The molecule has 0 amide bonds. The van der Waals surface area contributed by atoms with Gasteiger partial charge in [0.15, 0.2) is 5.78 Å². The summed E-state index contributed by atoms with van der Waals surface area (Å²) >= 11 is 0. The Balaban J connectivity index is 1.70. The average molecular weight is 422 g/mol. The smallest absolute Gasteiger partial charge is 0.185 e. The molecule has 1 aliphatic rings. The van der Waals surface area contributed by atoms with Crippen molar-refractivity contribution in [1.82, 2.24) is 0 Å². The van der Waals surface area contributed by atoms with E-state index in [-0.39, 0.29) is 5.78 Å². The second-order valence-electron chi connectivity index (χ2n) is 7.51. The molecule has 0 heterocycles. The topological polar surface area (TPSA) is 115 Å². The van der Waals surface area contributed by atoms with Gasteiger partial charge in [-0.1, -0.05) is 102 Å². The van der Waals surface area contributed by atoms with Gasteiger partial charge in [0, 0.05) is 32.3 Å². The zero-order chi connectivity index (χ0) is 22.8. The summed E-state index contributed by atoms with van der Waals surface area (Å²) in [5.41, 5.74) is 21.6. The van der Waals surface area contributed by atoms with Crippen LogP contribution < -0.4 is 0 Å². The summed E-state index contributed by atoms with van der Waals surface area (Å²) in [5.74, 6) is 0.466. The number of rotatable bonds is 6. The summed E-state index contributed by atoms with van der Waals surface area (Å²) in [4.78, 5) is 18.4. The lowest BCUT2D eigenvalue weighted by Gasteiger charge is -2.21. The van der Waals surface area contributed by atoms with E-state index in [9.17, 15) is 4.79 Å². The lowest BCUT2D eigenvalue weighted by molar-refractivity contribution is -0.113. The third-order valence-corrected chi connectivity index (χ3v) is 5.00. The van der Waals surface area contributed by atoms with Crippen molar-refractivity contribution in [1.29, 1.82) is 0 Å². The van der Waals surface area contributed by atoms with Gasteiger partial charge in [-0.15, -0.1) is 0 Å². The first kappa shape index (κ1) is 22.4. The Morgan fingerprint density at radius 2 is 1.19 bits per heavy atom. The molecule has 7 nitrogen and oxygen atoms in total. The van der Waals surface area contributed by atoms with Gasteiger partial charge in [-0.05, 0) is 40.9 Å². The molecule has 1 aliphatic carbocycles. The summed E-state index contributed by atoms with van der Waals surface area (Å²) < 4.78 is 0. The van der Waals surface area contributed by atoms with Gasteiger partial charge in [-0.3, -0.25) is 4.79 Å². The monoisotopic (exact) mass is 422 g/mol. The zero-order valence-electron chi connectivity index (χ0n) is 17.7. The molecule has 0 aromatic heterocycles. The third-order valence-electron chi connectivity index (χ3n) is 5.00. The predicted octanol–water partition coefficient (Wildman–Crippen LogP) is 8.15. The SMILES string of the molecule is CC1C/C(=C\C=C\c2ccc(N=[N+]=[N-])cc2)C(=O)/C(=C/C=C/c2ccc(N=[N+]=[N-])cc2)C1. The molecule has 32 heavy (non-hydrogen) atoms. The van der Waals surface area contributed by atoms with E-state index in [1.54, 1.807) is 24.3 Å². The summed E-state index contributed by atoms with van der Waals surface area (Å²) in [7, 11) is 0. The van der Waals surface area contributed by atoms with Crippen LogP contribution in [0, 0.1) is 5.92 Å². The highest BCUT2D eigenvalue weighted by molar-refractivity contribution is 6.09. The summed E-state index contributed by atoms with van der Waals surface area (Å²) in [6.07, 6.45) is 12.9. The largest absolute Gasteiger partial charge is 0.289 e. The van der Waals surface area contributed by atoms with Crippen LogP contribution in [0.5, 0.6) is 0 Å². The van der Waals surface area contributed by atoms with E-state index in [1.807, 2.05) is 60.7 Å². The highest BCUT2D eigenvalue weighted by Crippen LogP contribution is 2.30. The van der Waals surface area contributed by atoms with Gasteiger partial charge in [0.05, 0.1) is 0 Å². The van der Waals surface area contributed by atoms with E-state index >= 15 is 0 Å². The van der Waals surface area contributed by atoms with Gasteiger partial charge in [0.1, 0.15) is 0 Å². The number of carbonyl (C=O) groups excluding carboxylic acids is 1. The standard InChI is InChI=1S/C25H22N6O/c1-18-16-21(6-2-4-19-8-12-23(13-9-19)28-30-26)25(32)22(17-18)7-3-5-20-10-14-24(15-11-20)29-31-27/h2-15,18H,16-17H2,1H3/b4-2+,5-3+,21-6+,22-7+. The summed E-state index contributed by atoms with van der Waals surface area (Å²) in [6.45, 7) is 2.14. The van der Waals surface area contributed by atoms with Gasteiger partial charge < -0.3 is 0 Å². The third kappa shape index (κ3) is 6.34. The fraction of sp³-hybridized carbons (Fsp3) is 0.160. The van der Waals surface area contributed by atoms with Crippen molar-refractivity contribution in [3.63, 3.8) is 0 Å². The fourth-order valence-corrected chi connectivity index (χ4v) is 3.46. The second-order valence-corrected chi connectivity index (χ2v) is 7.51. The molecular formula is C25H22N6O. The first-order chi connectivity index (χ1) is 15.6. The fourth-order valence-electron chi connectivity index (χ4n) is 3.46. The molecule has 1 saturated carbocycles. The van der Waals surface area contributed by atoms with Gasteiger partial charge in [-0.2, -0.15) is 0 Å². The van der Waals surface area contributed by atoms with Gasteiger partial charge in [-0.25, -0.2) is 0 Å². The Morgan fingerprint density at radius 3 is 1.56 bits per heavy atom. The van der Waals surface area contributed by atoms with Crippen molar-refractivity contribution in [3.05, 3.63) is 116 Å². The number of carbonyl (C=O) groups is 1. The molecule has 0 saturated heterocycles. The molecule has 0 N–H and O–H groups in total. The molecule has 3 rings (SSSR count). The number of ketones is 1. The maximum atomic E-state index is 12.9. The lowest BCUT2D eigenvalue weighted by Crippen LogP contribution is -2.18. The van der Waals surface area contributed by atoms with Crippen molar-refractivity contribution in [2.45, 2.75) is 19.8 Å². The molecule has 0 aliphatic heterocycles. The minimum absolute atomic E-state index is 0.0785. The van der Waals surface area contributed by atoms with Crippen LogP contribution in [0.4, 0.5) is 11.4 Å². The number of hydrogen-bond acceptors (Lipinski definition) is 3. The quantitative estimate of drug-likeness (QED) is 0.199. The molecule has 0 atom stereocenters. The van der Waals surface area contributed by atoms with Crippen LogP contribution in [0.1, 0.15) is 30.9 Å². The minimum atomic E-state index is 0.0785. The minimum Gasteiger partial charge on any atom is -0.289 e. The Labute approximate surface area is 186 Å². The molecular weight excluding hydrogens is 400 g/mol. The molecule has 2 aromatic rings. The molecule has 158 valence electrons. The van der Waals surface area contributed by atoms with Crippen LogP contribution in [0.15, 0.2) is 94.2 Å². The van der Waals surface area contributed by atoms with Crippen LogP contribution in [-0.4, -0.2) is 5.78 Å². The molecule has 0 bridgehead atoms. The average Bonchev–Trinajstić information content (AvgIpc) is 2.79. The maximum absolute atomic E-state index is 12.9. The predicted molar refractivity (Wildman–Crippen MR) is 128 cm³/mol. The number of hydrogen-bond donors (Lipinski definition) is 0. The molecule has 0 unspecified atom stereocenters. The Bertz CT molecular complexity index is 1100. The van der Waals surface area contributed by atoms with Crippen molar-refractivity contribution >= 4 is 29.3 Å². The van der Waals surface area contributed by atoms with Crippen LogP contribution in [-0.2, 0) is 4.79 Å². The van der Waals surface area contributed by atoms with E-state index in [0.717, 1.165) is 35.1 Å². The van der Waals surface area contributed by atoms with Gasteiger partial charge in [0.25, 0.3) is 0 Å². The molecule has 0 radical (unpaired) electrons. The Morgan fingerprint density at radius 1 is 0.781 bits per heavy atom. The molecule has 2 aromatic carbocycles. The van der Waals surface area contributed by atoms with Crippen LogP contribution >= 0.6 is 0 Å². The Hall–Kier alpha value is -4.31. The highest BCUT2D eigenvalue weighted by atomic mass is 16.1. The summed E-state index contributed by atoms with van der Waals surface area (Å²) in [5, 5.41) is 7.11. The van der Waals surface area contributed by atoms with Gasteiger partial charge >= 0.3 is 0 Å². The number of allylic oxidation sites excluding steroid dienone is 6. The number of Topliss-reactive ketones (excluding diaryl/α,β-unsaturated/α-hetero) is 1. The van der Waals surface area contributed by atoms with Crippen molar-refractivity contribution in [2.24, 2.45) is 16.1 Å². The van der Waals surface area contributed by atoms with E-state index in [0.29, 0.717) is 17.3 Å². The first-order valence-corrected chi connectivity index (χ1v) is 10.2. The lowest BCUT2D eigenvalue weighted by atomic mass is 9.81. The summed E-state index contributed by atoms with van der Waals surface area (Å²) in [6, 6.07) is 14.4. The zero-order valence-corrected chi connectivity index (χ0v) is 17.7. The Kier molecular flexibility index (Phi) is 7.82. The maximum Gasteiger partial charge on any atom is 0.185 e. The van der Waals surface area contributed by atoms with Crippen LogP contribution in [0.25, 0.3) is 33.0 Å². The number of nitrogens with zero attached hydrogens (tertiary/aromatic N) is 6. The number of azide groups is 2. The molecule has 1 fully saturated rings. The molecule has 0 spiro atoms. The van der Waals surface area contributed by atoms with Crippen LogP contribution in [0.3, 0.4) is 0 Å². The van der Waals surface area contributed by atoms with Crippen molar-refractivity contribution < 1.29 is 4.79 Å². The normalized spacial score (nSPS) is 18.8. The molecule has 7 heteroatoms. The van der Waals surface area contributed by atoms with Gasteiger partial charge in [0.2, 0.25) is 0 Å². The van der Waals surface area contributed by atoms with E-state index in [2.05, 4.69) is 27.0 Å². The van der Waals surface area contributed by atoms with Crippen molar-refractivity contribution in [3.8, 4) is 0 Å².